The molecule has 3 rings (SSSR count). The topological polar surface area (TPSA) is 63.1 Å². The molecule has 1 aromatic heterocycles. The van der Waals surface area contributed by atoms with Crippen LogP contribution in [0.1, 0.15) is 5.56 Å². The summed E-state index contributed by atoms with van der Waals surface area (Å²) in [5, 5.41) is 5.62. The molecule has 1 aliphatic rings. The molecule has 98 valence electrons. The number of imide groups is 1. The van der Waals surface area contributed by atoms with Gasteiger partial charge in [0.1, 0.15) is 5.70 Å². The van der Waals surface area contributed by atoms with Crippen LogP contribution in [0.3, 0.4) is 0 Å². The molecule has 0 unspecified atom stereocenters. The van der Waals surface area contributed by atoms with Crippen LogP contribution in [0, 0.1) is 12.3 Å². The van der Waals surface area contributed by atoms with Gasteiger partial charge in [0.25, 0.3) is 5.91 Å². The maximum Gasteiger partial charge on any atom is 0.326 e. The highest BCUT2D eigenvalue weighted by Crippen LogP contribution is 2.23. The van der Waals surface area contributed by atoms with Gasteiger partial charge in [-0.25, -0.2) is 4.79 Å². The Hall–Kier alpha value is -3.00. The third-order valence-electron chi connectivity index (χ3n) is 3.10. The van der Waals surface area contributed by atoms with Crippen molar-refractivity contribution >= 4 is 28.9 Å². The van der Waals surface area contributed by atoms with Gasteiger partial charge in [-0.05, 0) is 12.1 Å². The summed E-state index contributed by atoms with van der Waals surface area (Å²) in [4.78, 5) is 22.7. The van der Waals surface area contributed by atoms with Crippen LogP contribution >= 0.6 is 0 Å². The van der Waals surface area contributed by atoms with Gasteiger partial charge >= 0.3 is 6.03 Å². The Bertz CT molecular complexity index is 793. The van der Waals surface area contributed by atoms with E-state index in [0.717, 1.165) is 16.5 Å². The zero-order valence-corrected chi connectivity index (χ0v) is 10.5. The quantitative estimate of drug-likeness (QED) is 0.490. The van der Waals surface area contributed by atoms with Gasteiger partial charge < -0.3 is 9.88 Å². The minimum absolute atomic E-state index is 0.235. The smallest absolute Gasteiger partial charge is 0.326 e. The number of terminal acetylenes is 1. The Morgan fingerprint density at radius 3 is 2.75 bits per heavy atom. The average Bonchev–Trinajstić information content (AvgIpc) is 2.93. The van der Waals surface area contributed by atoms with E-state index in [1.165, 1.54) is 0 Å². The molecule has 5 nitrogen and oxygen atoms in total. The normalized spacial score (nSPS) is 16.2. The van der Waals surface area contributed by atoms with Gasteiger partial charge in [-0.2, -0.15) is 0 Å². The number of rotatable bonds is 2. The van der Waals surface area contributed by atoms with E-state index < -0.39 is 11.9 Å². The van der Waals surface area contributed by atoms with Crippen LogP contribution in [0.25, 0.3) is 17.0 Å². The molecule has 1 saturated heterocycles. The Balaban J connectivity index is 2.13. The molecule has 20 heavy (non-hydrogen) atoms. The second kappa shape index (κ2) is 4.59. The molecule has 5 heteroatoms. The van der Waals surface area contributed by atoms with Crippen molar-refractivity contribution < 1.29 is 9.59 Å². The van der Waals surface area contributed by atoms with Gasteiger partial charge in [0, 0.05) is 22.7 Å². The van der Waals surface area contributed by atoms with Crippen LogP contribution in [0.15, 0.2) is 36.2 Å². The minimum Gasteiger partial charge on any atom is -0.335 e. The fourth-order valence-electron chi connectivity index (χ4n) is 2.26. The van der Waals surface area contributed by atoms with E-state index in [1.807, 2.05) is 35.0 Å². The lowest BCUT2D eigenvalue weighted by Gasteiger charge is -1.97. The van der Waals surface area contributed by atoms with E-state index in [-0.39, 0.29) is 5.70 Å². The van der Waals surface area contributed by atoms with Crippen molar-refractivity contribution in [3.8, 4) is 12.3 Å². The molecule has 2 N–H and O–H groups in total. The molecule has 1 aliphatic heterocycles. The standard InChI is InChI=1S/C15H11N3O2/c1-2-7-18-9-10(11-5-3-4-6-13(11)18)8-12-14(19)17-15(20)16-12/h1,3-6,8-9H,7H2,(H2,16,17,19,20)/b12-8+. The monoisotopic (exact) mass is 265 g/mol. The largest absolute Gasteiger partial charge is 0.335 e. The lowest BCUT2D eigenvalue weighted by Crippen LogP contribution is -2.22. The number of urea groups is 1. The highest BCUT2D eigenvalue weighted by molar-refractivity contribution is 6.14. The van der Waals surface area contributed by atoms with E-state index in [4.69, 9.17) is 6.42 Å². The summed E-state index contributed by atoms with van der Waals surface area (Å²) in [6.07, 6.45) is 8.88. The Morgan fingerprint density at radius 2 is 2.05 bits per heavy atom. The number of benzene rings is 1. The molecule has 2 heterocycles. The van der Waals surface area contributed by atoms with Gasteiger partial charge in [-0.15, -0.1) is 6.42 Å². The molecule has 0 spiro atoms. The number of carbonyl (C=O) groups excluding carboxylic acids is 2. The number of hydrogen-bond donors (Lipinski definition) is 2. The zero-order chi connectivity index (χ0) is 14.1. The number of nitrogens with one attached hydrogen (secondary N) is 2. The molecule has 2 aromatic rings. The first-order chi connectivity index (χ1) is 9.69. The first-order valence-electron chi connectivity index (χ1n) is 6.04. The lowest BCUT2D eigenvalue weighted by molar-refractivity contribution is -0.115. The third-order valence-corrected chi connectivity index (χ3v) is 3.10. The van der Waals surface area contributed by atoms with E-state index >= 15 is 0 Å². The van der Waals surface area contributed by atoms with Gasteiger partial charge in [0.2, 0.25) is 0 Å². The number of amides is 3. The summed E-state index contributed by atoms with van der Waals surface area (Å²) in [6.45, 7) is 0.447. The molecule has 0 aliphatic carbocycles. The van der Waals surface area contributed by atoms with Crippen LogP contribution < -0.4 is 10.6 Å². The Morgan fingerprint density at radius 1 is 1.25 bits per heavy atom. The summed E-state index contributed by atoms with van der Waals surface area (Å²) in [5.41, 5.74) is 2.06. The fourth-order valence-corrected chi connectivity index (χ4v) is 2.26. The van der Waals surface area contributed by atoms with Crippen molar-refractivity contribution in [1.29, 1.82) is 0 Å². The van der Waals surface area contributed by atoms with E-state index in [9.17, 15) is 9.59 Å². The molecule has 1 fully saturated rings. The number of carbonyl (C=O) groups is 2. The summed E-state index contributed by atoms with van der Waals surface area (Å²) in [7, 11) is 0. The zero-order valence-electron chi connectivity index (χ0n) is 10.5. The van der Waals surface area contributed by atoms with Crippen LogP contribution in [-0.2, 0) is 11.3 Å². The van der Waals surface area contributed by atoms with Crippen LogP contribution in [-0.4, -0.2) is 16.5 Å². The fraction of sp³-hybridized carbons (Fsp3) is 0.0667. The molecule has 3 amide bonds. The number of nitrogens with zero attached hydrogens (tertiary/aromatic N) is 1. The predicted molar refractivity (Wildman–Crippen MR) is 75.4 cm³/mol. The minimum atomic E-state index is -0.506. The van der Waals surface area contributed by atoms with Crippen molar-refractivity contribution in [1.82, 2.24) is 15.2 Å². The third kappa shape index (κ3) is 1.93. The van der Waals surface area contributed by atoms with E-state index in [1.54, 1.807) is 6.08 Å². The molecular weight excluding hydrogens is 254 g/mol. The van der Waals surface area contributed by atoms with Crippen molar-refractivity contribution in [3.05, 3.63) is 41.7 Å². The lowest BCUT2D eigenvalue weighted by atomic mass is 10.1. The van der Waals surface area contributed by atoms with Crippen molar-refractivity contribution in [3.63, 3.8) is 0 Å². The Kier molecular flexibility index (Phi) is 2.77. The number of para-hydroxylation sites is 1. The molecule has 0 bridgehead atoms. The van der Waals surface area contributed by atoms with E-state index in [2.05, 4.69) is 16.6 Å². The summed E-state index contributed by atoms with van der Waals surface area (Å²) in [5.74, 6) is 2.17. The number of aromatic nitrogens is 1. The van der Waals surface area contributed by atoms with Crippen molar-refractivity contribution in [2.24, 2.45) is 0 Å². The SMILES string of the molecule is C#CCn1cc(/C=C2/NC(=O)NC2=O)c2ccccc21. The van der Waals surface area contributed by atoms with Crippen LogP contribution in [0.2, 0.25) is 0 Å². The summed E-state index contributed by atoms with van der Waals surface area (Å²) >= 11 is 0. The average molecular weight is 265 g/mol. The number of hydrogen-bond acceptors (Lipinski definition) is 2. The van der Waals surface area contributed by atoms with Gasteiger partial charge in [0.05, 0.1) is 6.54 Å². The number of fused-ring (bicyclic) bond motifs is 1. The summed E-state index contributed by atoms with van der Waals surface area (Å²) in [6, 6.07) is 7.24. The second-order valence-electron chi connectivity index (χ2n) is 4.40. The molecule has 0 atom stereocenters. The first-order valence-corrected chi connectivity index (χ1v) is 6.04. The summed E-state index contributed by atoms with van der Waals surface area (Å²) < 4.78 is 1.93. The van der Waals surface area contributed by atoms with Crippen molar-refractivity contribution in [2.45, 2.75) is 6.54 Å². The maximum atomic E-state index is 11.6. The highest BCUT2D eigenvalue weighted by atomic mass is 16.2. The van der Waals surface area contributed by atoms with Crippen molar-refractivity contribution in [2.75, 3.05) is 0 Å². The highest BCUT2D eigenvalue weighted by Gasteiger charge is 2.23. The van der Waals surface area contributed by atoms with E-state index in [0.29, 0.717) is 6.54 Å². The van der Waals surface area contributed by atoms with Gasteiger partial charge in [-0.3, -0.25) is 10.1 Å². The van der Waals surface area contributed by atoms with Crippen LogP contribution in [0.4, 0.5) is 4.79 Å². The molecular formula is C15H11N3O2. The second-order valence-corrected chi connectivity index (χ2v) is 4.40. The first kappa shape index (κ1) is 12.1. The van der Waals surface area contributed by atoms with Gasteiger partial charge in [-0.1, -0.05) is 24.1 Å². The predicted octanol–water partition coefficient (Wildman–Crippen LogP) is 1.45. The molecule has 0 saturated carbocycles. The van der Waals surface area contributed by atoms with Gasteiger partial charge in [0.15, 0.2) is 0 Å². The molecule has 0 radical (unpaired) electrons. The Labute approximate surface area is 115 Å². The maximum absolute atomic E-state index is 11.6. The molecule has 1 aromatic carbocycles. The van der Waals surface area contributed by atoms with Crippen LogP contribution in [0.5, 0.6) is 0 Å².